The van der Waals surface area contributed by atoms with Crippen LogP contribution in [0, 0.1) is 6.92 Å². The predicted octanol–water partition coefficient (Wildman–Crippen LogP) is 5.55. The Morgan fingerprint density at radius 2 is 1.85 bits per heavy atom. The molecule has 0 fully saturated rings. The van der Waals surface area contributed by atoms with Gasteiger partial charge in [-0.05, 0) is 55.0 Å². The largest absolute Gasteiger partial charge is 0.434 e. The molecule has 1 aliphatic rings. The Bertz CT molecular complexity index is 1160. The summed E-state index contributed by atoms with van der Waals surface area (Å²) in [5.74, 6) is -0.288. The van der Waals surface area contributed by atoms with Gasteiger partial charge in [-0.15, -0.1) is 11.3 Å². The number of carbonyl (C=O) groups excluding carboxylic acids is 1. The van der Waals surface area contributed by atoms with Crippen molar-refractivity contribution in [1.29, 1.82) is 0 Å². The Balaban J connectivity index is 1.40. The molecule has 0 radical (unpaired) electrons. The first kappa shape index (κ1) is 16.0. The van der Waals surface area contributed by atoms with Gasteiger partial charge in [-0.2, -0.15) is 0 Å². The third-order valence-electron chi connectivity index (χ3n) is 4.66. The van der Waals surface area contributed by atoms with Crippen LogP contribution in [0.15, 0.2) is 66.7 Å². The molecule has 1 aromatic heterocycles. The third kappa shape index (κ3) is 2.86. The van der Waals surface area contributed by atoms with Crippen molar-refractivity contribution in [3.8, 4) is 10.6 Å². The minimum atomic E-state index is -0.454. The number of ether oxygens (including phenoxy) is 1. The molecule has 2 heterocycles. The molecular weight excluding hydrogens is 356 g/mol. The minimum absolute atomic E-state index is 0.288. The molecule has 1 unspecified atom stereocenters. The fourth-order valence-electron chi connectivity index (χ4n) is 3.27. The molecule has 0 saturated carbocycles. The second-order valence-electron chi connectivity index (χ2n) is 6.58. The van der Waals surface area contributed by atoms with Gasteiger partial charge in [0.1, 0.15) is 5.01 Å². The molecule has 5 heteroatoms. The maximum atomic E-state index is 11.9. The summed E-state index contributed by atoms with van der Waals surface area (Å²) in [7, 11) is 0. The van der Waals surface area contributed by atoms with Crippen LogP contribution in [0.5, 0.6) is 0 Å². The van der Waals surface area contributed by atoms with E-state index < -0.39 is 6.23 Å². The first-order valence-corrected chi connectivity index (χ1v) is 9.53. The summed E-state index contributed by atoms with van der Waals surface area (Å²) in [6, 6.07) is 21.8. The van der Waals surface area contributed by atoms with Gasteiger partial charge < -0.3 is 10.1 Å². The van der Waals surface area contributed by atoms with Gasteiger partial charge in [0.25, 0.3) is 0 Å². The monoisotopic (exact) mass is 372 g/mol. The van der Waals surface area contributed by atoms with Crippen LogP contribution in [0.1, 0.15) is 27.7 Å². The summed E-state index contributed by atoms with van der Waals surface area (Å²) >= 11 is 1.69. The van der Waals surface area contributed by atoms with Gasteiger partial charge >= 0.3 is 5.97 Å². The molecule has 0 aliphatic carbocycles. The van der Waals surface area contributed by atoms with Crippen molar-refractivity contribution < 1.29 is 9.53 Å². The van der Waals surface area contributed by atoms with Gasteiger partial charge in [0, 0.05) is 16.8 Å². The second-order valence-corrected chi connectivity index (χ2v) is 7.62. The number of esters is 1. The van der Waals surface area contributed by atoms with E-state index >= 15 is 0 Å². The molecule has 1 aliphatic heterocycles. The number of hydrogen-bond donors (Lipinski definition) is 1. The average molecular weight is 372 g/mol. The summed E-state index contributed by atoms with van der Waals surface area (Å²) < 4.78 is 6.64. The lowest BCUT2D eigenvalue weighted by molar-refractivity contribution is 0.0437. The van der Waals surface area contributed by atoms with E-state index in [9.17, 15) is 4.79 Å². The number of carbonyl (C=O) groups is 1. The topological polar surface area (TPSA) is 51.2 Å². The lowest BCUT2D eigenvalue weighted by Crippen LogP contribution is -2.10. The SMILES string of the molecule is Cc1ccc2nc(-c3ccc(NC4OC(=O)c5ccccc54)cc3)sc2c1. The number of aromatic nitrogens is 1. The van der Waals surface area contributed by atoms with E-state index in [-0.39, 0.29) is 5.97 Å². The highest BCUT2D eigenvalue weighted by atomic mass is 32.1. The molecule has 4 aromatic rings. The highest BCUT2D eigenvalue weighted by molar-refractivity contribution is 7.21. The molecule has 0 amide bonds. The Hall–Kier alpha value is -3.18. The van der Waals surface area contributed by atoms with Crippen LogP contribution < -0.4 is 5.32 Å². The number of benzene rings is 3. The number of fused-ring (bicyclic) bond motifs is 2. The summed E-state index contributed by atoms with van der Waals surface area (Å²) in [6.45, 7) is 2.09. The number of aryl methyl sites for hydroxylation is 1. The van der Waals surface area contributed by atoms with Crippen molar-refractivity contribution in [3.63, 3.8) is 0 Å². The van der Waals surface area contributed by atoms with Crippen molar-refractivity contribution in [2.24, 2.45) is 0 Å². The van der Waals surface area contributed by atoms with Gasteiger partial charge in [0.05, 0.1) is 15.8 Å². The number of anilines is 1. The quantitative estimate of drug-likeness (QED) is 0.479. The van der Waals surface area contributed by atoms with Crippen LogP contribution in [-0.2, 0) is 4.74 Å². The highest BCUT2D eigenvalue weighted by Crippen LogP contribution is 2.34. The van der Waals surface area contributed by atoms with Crippen molar-refractivity contribution in [1.82, 2.24) is 4.98 Å². The molecule has 5 rings (SSSR count). The van der Waals surface area contributed by atoms with Crippen molar-refractivity contribution in [3.05, 3.63) is 83.4 Å². The second kappa shape index (κ2) is 6.21. The first-order chi connectivity index (χ1) is 13.2. The molecule has 4 nitrogen and oxygen atoms in total. The van der Waals surface area contributed by atoms with E-state index in [0.717, 1.165) is 27.3 Å². The highest BCUT2D eigenvalue weighted by Gasteiger charge is 2.30. The van der Waals surface area contributed by atoms with Gasteiger partial charge in [-0.3, -0.25) is 0 Å². The zero-order valence-corrected chi connectivity index (χ0v) is 15.4. The Morgan fingerprint density at radius 1 is 1.04 bits per heavy atom. The molecule has 132 valence electrons. The van der Waals surface area contributed by atoms with Crippen molar-refractivity contribution >= 4 is 33.2 Å². The van der Waals surface area contributed by atoms with E-state index in [1.807, 2.05) is 42.5 Å². The van der Waals surface area contributed by atoms with Gasteiger partial charge in [0.2, 0.25) is 6.23 Å². The smallest absolute Gasteiger partial charge is 0.340 e. The first-order valence-electron chi connectivity index (χ1n) is 8.71. The average Bonchev–Trinajstić information content (AvgIpc) is 3.24. The number of nitrogens with one attached hydrogen (secondary N) is 1. The van der Waals surface area contributed by atoms with Crippen LogP contribution in [0.2, 0.25) is 0 Å². The molecule has 27 heavy (non-hydrogen) atoms. The lowest BCUT2D eigenvalue weighted by atomic mass is 10.1. The molecular formula is C22H16N2O2S. The number of nitrogens with zero attached hydrogens (tertiary/aromatic N) is 1. The zero-order valence-electron chi connectivity index (χ0n) is 14.6. The van der Waals surface area contributed by atoms with Crippen molar-refractivity contribution in [2.75, 3.05) is 5.32 Å². The Kier molecular flexibility index (Phi) is 3.69. The number of thiazole rings is 1. The molecule has 1 atom stereocenters. The normalized spacial score (nSPS) is 15.6. The van der Waals surface area contributed by atoms with E-state index in [2.05, 4.69) is 30.4 Å². The number of hydrogen-bond acceptors (Lipinski definition) is 5. The van der Waals surface area contributed by atoms with Crippen molar-refractivity contribution in [2.45, 2.75) is 13.2 Å². The van der Waals surface area contributed by atoms with Crippen LogP contribution in [0.3, 0.4) is 0 Å². The standard InChI is InChI=1S/C22H16N2O2S/c1-13-6-11-18-19(12-13)27-21(24-18)14-7-9-15(10-8-14)23-20-16-4-2-3-5-17(16)22(25)26-20/h2-12,20,23H,1H3. The summed E-state index contributed by atoms with van der Waals surface area (Å²) in [6.07, 6.45) is -0.454. The number of cyclic esters (lactones) is 1. The maximum Gasteiger partial charge on any atom is 0.340 e. The lowest BCUT2D eigenvalue weighted by Gasteiger charge is -2.14. The molecule has 0 bridgehead atoms. The summed E-state index contributed by atoms with van der Waals surface area (Å²) in [4.78, 5) is 16.7. The molecule has 1 N–H and O–H groups in total. The predicted molar refractivity (Wildman–Crippen MR) is 108 cm³/mol. The Morgan fingerprint density at radius 3 is 2.70 bits per heavy atom. The van der Waals surface area contributed by atoms with E-state index in [4.69, 9.17) is 9.72 Å². The molecule has 0 spiro atoms. The minimum Gasteiger partial charge on any atom is -0.434 e. The Labute approximate surface area is 160 Å². The fourth-order valence-corrected chi connectivity index (χ4v) is 4.34. The zero-order chi connectivity index (χ0) is 18.4. The van der Waals surface area contributed by atoms with E-state index in [0.29, 0.717) is 5.56 Å². The van der Waals surface area contributed by atoms with E-state index in [1.54, 1.807) is 17.4 Å². The van der Waals surface area contributed by atoms with Gasteiger partial charge in [-0.1, -0.05) is 24.3 Å². The van der Waals surface area contributed by atoms with Crippen LogP contribution in [-0.4, -0.2) is 11.0 Å². The third-order valence-corrected chi connectivity index (χ3v) is 5.73. The number of rotatable bonds is 3. The summed E-state index contributed by atoms with van der Waals surface area (Å²) in [5, 5.41) is 4.28. The fraction of sp³-hybridized carbons (Fsp3) is 0.0909. The van der Waals surface area contributed by atoms with Crippen LogP contribution >= 0.6 is 11.3 Å². The van der Waals surface area contributed by atoms with Crippen LogP contribution in [0.4, 0.5) is 5.69 Å². The molecule has 3 aromatic carbocycles. The summed E-state index contributed by atoms with van der Waals surface area (Å²) in [5.41, 5.74) is 5.72. The van der Waals surface area contributed by atoms with Crippen LogP contribution in [0.25, 0.3) is 20.8 Å². The maximum absolute atomic E-state index is 11.9. The van der Waals surface area contributed by atoms with Gasteiger partial charge in [0.15, 0.2) is 0 Å². The van der Waals surface area contributed by atoms with Gasteiger partial charge in [-0.25, -0.2) is 9.78 Å². The molecule has 0 saturated heterocycles. The van der Waals surface area contributed by atoms with E-state index in [1.165, 1.54) is 10.3 Å².